The van der Waals surface area contributed by atoms with Gasteiger partial charge in [-0.25, -0.2) is 9.50 Å². The predicted octanol–water partition coefficient (Wildman–Crippen LogP) is 1.16. The summed E-state index contributed by atoms with van der Waals surface area (Å²) in [4.78, 5) is 4.40. The van der Waals surface area contributed by atoms with E-state index in [1.165, 1.54) is 0 Å². The molecule has 0 bridgehead atoms. The van der Waals surface area contributed by atoms with Crippen molar-refractivity contribution >= 4 is 11.3 Å². The van der Waals surface area contributed by atoms with Crippen LogP contribution >= 0.6 is 0 Å². The zero-order chi connectivity index (χ0) is 10.3. The molecule has 1 atom stereocenters. The SMILES string of the molecule is Nc1ccn2nc(C3CCCO3)nc2c1. The summed E-state index contributed by atoms with van der Waals surface area (Å²) in [5, 5.41) is 4.36. The van der Waals surface area contributed by atoms with Crippen LogP contribution in [0.25, 0.3) is 5.65 Å². The molecule has 1 aliphatic rings. The minimum atomic E-state index is 0.0612. The summed E-state index contributed by atoms with van der Waals surface area (Å²) >= 11 is 0. The van der Waals surface area contributed by atoms with E-state index in [0.29, 0.717) is 5.69 Å². The highest BCUT2D eigenvalue weighted by molar-refractivity contribution is 5.50. The zero-order valence-electron chi connectivity index (χ0n) is 8.26. The number of rotatable bonds is 1. The summed E-state index contributed by atoms with van der Waals surface area (Å²) in [6, 6.07) is 3.62. The Hall–Kier alpha value is -1.62. The first-order valence-corrected chi connectivity index (χ1v) is 5.06. The molecule has 2 aromatic rings. The van der Waals surface area contributed by atoms with Crippen molar-refractivity contribution in [3.8, 4) is 0 Å². The maximum Gasteiger partial charge on any atom is 0.180 e. The Morgan fingerprint density at radius 3 is 3.27 bits per heavy atom. The first-order chi connectivity index (χ1) is 7.33. The molecule has 5 heteroatoms. The number of nitrogens with two attached hydrogens (primary N) is 1. The van der Waals surface area contributed by atoms with Crippen LogP contribution in [0.2, 0.25) is 0 Å². The number of aromatic nitrogens is 3. The first kappa shape index (κ1) is 8.67. The van der Waals surface area contributed by atoms with Crippen molar-refractivity contribution < 1.29 is 4.74 Å². The molecule has 0 amide bonds. The van der Waals surface area contributed by atoms with Crippen LogP contribution in [0.1, 0.15) is 24.8 Å². The molecule has 1 aliphatic heterocycles. The molecular weight excluding hydrogens is 192 g/mol. The van der Waals surface area contributed by atoms with Gasteiger partial charge in [-0.1, -0.05) is 0 Å². The van der Waals surface area contributed by atoms with Crippen LogP contribution in [-0.4, -0.2) is 21.2 Å². The molecule has 15 heavy (non-hydrogen) atoms. The van der Waals surface area contributed by atoms with E-state index in [0.717, 1.165) is 30.9 Å². The second kappa shape index (κ2) is 3.20. The Morgan fingerprint density at radius 2 is 2.47 bits per heavy atom. The lowest BCUT2D eigenvalue weighted by atomic mass is 10.2. The molecule has 1 saturated heterocycles. The number of hydrogen-bond acceptors (Lipinski definition) is 4. The number of nitrogen functional groups attached to an aromatic ring is 1. The van der Waals surface area contributed by atoms with Gasteiger partial charge in [-0.05, 0) is 18.9 Å². The zero-order valence-corrected chi connectivity index (χ0v) is 8.26. The highest BCUT2D eigenvalue weighted by Crippen LogP contribution is 2.26. The Morgan fingerprint density at radius 1 is 1.53 bits per heavy atom. The average molecular weight is 204 g/mol. The normalized spacial score (nSPS) is 21.2. The average Bonchev–Trinajstić information content (AvgIpc) is 2.84. The number of pyridine rings is 1. The van der Waals surface area contributed by atoms with Crippen molar-refractivity contribution in [3.05, 3.63) is 24.2 Å². The van der Waals surface area contributed by atoms with Gasteiger partial charge in [-0.15, -0.1) is 5.10 Å². The third kappa shape index (κ3) is 1.45. The van der Waals surface area contributed by atoms with Crippen LogP contribution in [0.3, 0.4) is 0 Å². The van der Waals surface area contributed by atoms with Gasteiger partial charge in [0, 0.05) is 24.6 Å². The van der Waals surface area contributed by atoms with Crippen LogP contribution in [0.15, 0.2) is 18.3 Å². The van der Waals surface area contributed by atoms with Crippen molar-refractivity contribution in [2.75, 3.05) is 12.3 Å². The summed E-state index contributed by atoms with van der Waals surface area (Å²) in [6.45, 7) is 0.808. The Kier molecular flexibility index (Phi) is 1.85. The molecule has 0 spiro atoms. The van der Waals surface area contributed by atoms with Crippen LogP contribution < -0.4 is 5.73 Å². The van der Waals surface area contributed by atoms with Gasteiger partial charge < -0.3 is 10.5 Å². The maximum absolute atomic E-state index is 5.67. The lowest BCUT2D eigenvalue weighted by Gasteiger charge is -2.01. The van der Waals surface area contributed by atoms with Gasteiger partial charge in [0.1, 0.15) is 6.10 Å². The lowest BCUT2D eigenvalue weighted by molar-refractivity contribution is 0.105. The lowest BCUT2D eigenvalue weighted by Crippen LogP contribution is -1.98. The van der Waals surface area contributed by atoms with Gasteiger partial charge in [0.25, 0.3) is 0 Å². The van der Waals surface area contributed by atoms with Gasteiger partial charge in [0.05, 0.1) is 0 Å². The molecule has 2 N–H and O–H groups in total. The molecule has 0 aliphatic carbocycles. The highest BCUT2D eigenvalue weighted by atomic mass is 16.5. The van der Waals surface area contributed by atoms with E-state index in [2.05, 4.69) is 10.1 Å². The fraction of sp³-hybridized carbons (Fsp3) is 0.400. The summed E-state index contributed by atoms with van der Waals surface area (Å²) in [7, 11) is 0. The second-order valence-electron chi connectivity index (χ2n) is 3.73. The standard InChI is InChI=1S/C10H12N4O/c11-7-3-4-14-9(6-7)12-10(13-14)8-2-1-5-15-8/h3-4,6,8H,1-2,5,11H2. The van der Waals surface area contributed by atoms with Crippen molar-refractivity contribution in [2.45, 2.75) is 18.9 Å². The molecule has 0 saturated carbocycles. The summed E-state index contributed by atoms with van der Waals surface area (Å²) in [5.74, 6) is 0.762. The molecule has 3 rings (SSSR count). The minimum Gasteiger partial charge on any atom is -0.399 e. The molecule has 0 aromatic carbocycles. The van der Waals surface area contributed by atoms with Gasteiger partial charge in [0.15, 0.2) is 11.5 Å². The Labute approximate surface area is 86.9 Å². The monoisotopic (exact) mass is 204 g/mol. The van der Waals surface area contributed by atoms with Crippen molar-refractivity contribution in [1.82, 2.24) is 14.6 Å². The number of nitrogens with zero attached hydrogens (tertiary/aromatic N) is 3. The molecule has 5 nitrogen and oxygen atoms in total. The second-order valence-corrected chi connectivity index (χ2v) is 3.73. The molecule has 3 heterocycles. The summed E-state index contributed by atoms with van der Waals surface area (Å²) in [6.07, 6.45) is 3.97. The van der Waals surface area contributed by atoms with Gasteiger partial charge in [0.2, 0.25) is 0 Å². The molecular formula is C10H12N4O. The third-order valence-corrected chi connectivity index (χ3v) is 2.60. The quantitative estimate of drug-likeness (QED) is 0.757. The van der Waals surface area contributed by atoms with Crippen LogP contribution in [0.5, 0.6) is 0 Å². The molecule has 78 valence electrons. The highest BCUT2D eigenvalue weighted by Gasteiger charge is 2.21. The van der Waals surface area contributed by atoms with Gasteiger partial charge in [-0.2, -0.15) is 0 Å². The molecule has 0 radical (unpaired) electrons. The van der Waals surface area contributed by atoms with E-state index in [1.807, 2.05) is 12.3 Å². The number of anilines is 1. The molecule has 1 unspecified atom stereocenters. The predicted molar refractivity (Wildman–Crippen MR) is 55.3 cm³/mol. The van der Waals surface area contributed by atoms with Crippen molar-refractivity contribution in [3.63, 3.8) is 0 Å². The minimum absolute atomic E-state index is 0.0612. The van der Waals surface area contributed by atoms with E-state index in [1.54, 1.807) is 10.6 Å². The summed E-state index contributed by atoms with van der Waals surface area (Å²) in [5.41, 5.74) is 7.16. The van der Waals surface area contributed by atoms with E-state index < -0.39 is 0 Å². The third-order valence-electron chi connectivity index (χ3n) is 2.60. The number of fused-ring (bicyclic) bond motifs is 1. The first-order valence-electron chi connectivity index (χ1n) is 5.06. The van der Waals surface area contributed by atoms with Crippen molar-refractivity contribution in [1.29, 1.82) is 0 Å². The molecule has 2 aromatic heterocycles. The Balaban J connectivity index is 2.05. The number of ether oxygens (including phenoxy) is 1. The number of hydrogen-bond donors (Lipinski definition) is 1. The van der Waals surface area contributed by atoms with E-state index in [-0.39, 0.29) is 6.10 Å². The van der Waals surface area contributed by atoms with E-state index >= 15 is 0 Å². The van der Waals surface area contributed by atoms with Crippen molar-refractivity contribution in [2.24, 2.45) is 0 Å². The largest absolute Gasteiger partial charge is 0.399 e. The molecule has 1 fully saturated rings. The smallest absolute Gasteiger partial charge is 0.180 e. The fourth-order valence-corrected chi connectivity index (χ4v) is 1.83. The Bertz CT molecular complexity index is 487. The fourth-order valence-electron chi connectivity index (χ4n) is 1.83. The topological polar surface area (TPSA) is 65.4 Å². The van der Waals surface area contributed by atoms with Crippen LogP contribution in [0.4, 0.5) is 5.69 Å². The van der Waals surface area contributed by atoms with Crippen LogP contribution in [-0.2, 0) is 4.74 Å². The van der Waals surface area contributed by atoms with Gasteiger partial charge >= 0.3 is 0 Å². The maximum atomic E-state index is 5.67. The van der Waals surface area contributed by atoms with E-state index in [4.69, 9.17) is 10.5 Å². The van der Waals surface area contributed by atoms with E-state index in [9.17, 15) is 0 Å². The van der Waals surface area contributed by atoms with Gasteiger partial charge in [-0.3, -0.25) is 0 Å². The van der Waals surface area contributed by atoms with Crippen LogP contribution in [0, 0.1) is 0 Å². The summed E-state index contributed by atoms with van der Waals surface area (Å²) < 4.78 is 7.26.